The Morgan fingerprint density at radius 1 is 1.13 bits per heavy atom. The Morgan fingerprint density at radius 3 is 2.45 bits per heavy atom. The standard InChI is InChI=1S/C19H18F5N5O2/c1-12-9-15(18(20,21)19(22,23)24)29-16(25-12)10-14(26-29)17(30)28-6-4-27(5-7-28)11-13-3-2-8-31-13/h2-3,8-10H,4-7,11H2,1H3. The van der Waals surface area contributed by atoms with E-state index in [2.05, 4.69) is 15.0 Å². The van der Waals surface area contributed by atoms with Gasteiger partial charge in [0.1, 0.15) is 11.5 Å². The number of rotatable bonds is 4. The van der Waals surface area contributed by atoms with Gasteiger partial charge in [0.2, 0.25) is 0 Å². The number of halogens is 5. The molecule has 0 saturated carbocycles. The van der Waals surface area contributed by atoms with Gasteiger partial charge in [-0.05, 0) is 25.1 Å². The predicted octanol–water partition coefficient (Wildman–Crippen LogP) is 3.24. The second-order valence-corrected chi connectivity index (χ2v) is 7.30. The number of amides is 1. The summed E-state index contributed by atoms with van der Waals surface area (Å²) in [6.07, 6.45) is -4.24. The van der Waals surface area contributed by atoms with Gasteiger partial charge in [-0.15, -0.1) is 0 Å². The number of nitrogens with zero attached hydrogens (tertiary/aromatic N) is 5. The van der Waals surface area contributed by atoms with Crippen molar-refractivity contribution >= 4 is 11.6 Å². The highest BCUT2D eigenvalue weighted by atomic mass is 19.4. The summed E-state index contributed by atoms with van der Waals surface area (Å²) < 4.78 is 72.4. The quantitative estimate of drug-likeness (QED) is 0.580. The average molecular weight is 443 g/mol. The van der Waals surface area contributed by atoms with E-state index in [1.807, 2.05) is 6.07 Å². The van der Waals surface area contributed by atoms with Crippen LogP contribution in [0.25, 0.3) is 5.65 Å². The zero-order valence-corrected chi connectivity index (χ0v) is 16.4. The molecule has 3 aromatic heterocycles. The minimum atomic E-state index is -5.81. The predicted molar refractivity (Wildman–Crippen MR) is 97.6 cm³/mol. The summed E-state index contributed by atoms with van der Waals surface area (Å²) in [4.78, 5) is 20.3. The summed E-state index contributed by atoms with van der Waals surface area (Å²) >= 11 is 0. The van der Waals surface area contributed by atoms with Gasteiger partial charge in [-0.3, -0.25) is 9.69 Å². The highest BCUT2D eigenvalue weighted by molar-refractivity contribution is 5.93. The largest absolute Gasteiger partial charge is 0.468 e. The van der Waals surface area contributed by atoms with Crippen LogP contribution in [0.2, 0.25) is 0 Å². The van der Waals surface area contributed by atoms with Gasteiger partial charge in [0.05, 0.1) is 12.8 Å². The highest BCUT2D eigenvalue weighted by Gasteiger charge is 2.60. The third-order valence-corrected chi connectivity index (χ3v) is 5.07. The lowest BCUT2D eigenvalue weighted by atomic mass is 10.2. The SMILES string of the molecule is Cc1cc(C(F)(F)C(F)(F)F)n2nc(C(=O)N3CCN(Cc4ccco4)CC3)cc2n1. The summed E-state index contributed by atoms with van der Waals surface area (Å²) in [6.45, 7) is 3.69. The summed E-state index contributed by atoms with van der Waals surface area (Å²) in [7, 11) is 0. The minimum absolute atomic E-state index is 0.0446. The third-order valence-electron chi connectivity index (χ3n) is 5.07. The molecule has 0 aliphatic carbocycles. The Balaban J connectivity index is 1.55. The summed E-state index contributed by atoms with van der Waals surface area (Å²) in [6, 6.07) is 5.37. The molecule has 1 aliphatic heterocycles. The van der Waals surface area contributed by atoms with Crippen molar-refractivity contribution in [2.24, 2.45) is 0 Å². The first kappa shape index (κ1) is 21.2. The van der Waals surface area contributed by atoms with Gasteiger partial charge in [0.25, 0.3) is 5.91 Å². The zero-order valence-electron chi connectivity index (χ0n) is 16.4. The number of aromatic nitrogens is 3. The molecule has 1 saturated heterocycles. The van der Waals surface area contributed by atoms with Gasteiger partial charge in [-0.1, -0.05) is 0 Å². The fraction of sp³-hybridized carbons (Fsp3) is 0.421. The molecule has 1 amide bonds. The lowest BCUT2D eigenvalue weighted by molar-refractivity contribution is -0.291. The topological polar surface area (TPSA) is 66.9 Å². The molecule has 31 heavy (non-hydrogen) atoms. The molecule has 4 rings (SSSR count). The molecule has 12 heteroatoms. The van der Waals surface area contributed by atoms with Crippen LogP contribution in [0.15, 0.2) is 34.9 Å². The van der Waals surface area contributed by atoms with Crippen molar-refractivity contribution in [3.05, 3.63) is 53.4 Å². The Hall–Kier alpha value is -3.02. The fourth-order valence-electron chi connectivity index (χ4n) is 3.47. The zero-order chi connectivity index (χ0) is 22.4. The van der Waals surface area contributed by atoms with Gasteiger partial charge in [-0.2, -0.15) is 27.1 Å². The molecule has 3 aromatic rings. The molecule has 0 spiro atoms. The molecule has 1 aliphatic rings. The van der Waals surface area contributed by atoms with Crippen LogP contribution in [-0.4, -0.2) is 62.7 Å². The van der Waals surface area contributed by atoms with Gasteiger partial charge in [-0.25, -0.2) is 9.50 Å². The van der Waals surface area contributed by atoms with E-state index in [4.69, 9.17) is 4.42 Å². The number of fused-ring (bicyclic) bond motifs is 1. The van der Waals surface area contributed by atoms with E-state index < -0.39 is 23.7 Å². The lowest BCUT2D eigenvalue weighted by Gasteiger charge is -2.33. The molecule has 0 radical (unpaired) electrons. The Kier molecular flexibility index (Phi) is 5.20. The second-order valence-electron chi connectivity index (χ2n) is 7.30. The second kappa shape index (κ2) is 7.59. The molecule has 166 valence electrons. The summed E-state index contributed by atoms with van der Waals surface area (Å²) in [5.41, 5.74) is -1.92. The first-order chi connectivity index (χ1) is 14.6. The van der Waals surface area contributed by atoms with E-state index in [9.17, 15) is 26.7 Å². The van der Waals surface area contributed by atoms with Crippen LogP contribution in [0.5, 0.6) is 0 Å². The van der Waals surface area contributed by atoms with Gasteiger partial charge < -0.3 is 9.32 Å². The van der Waals surface area contributed by atoms with E-state index in [1.54, 1.807) is 12.3 Å². The van der Waals surface area contributed by atoms with Crippen molar-refractivity contribution in [1.82, 2.24) is 24.4 Å². The van der Waals surface area contributed by atoms with Crippen molar-refractivity contribution in [1.29, 1.82) is 0 Å². The minimum Gasteiger partial charge on any atom is -0.468 e. The lowest BCUT2D eigenvalue weighted by Crippen LogP contribution is -2.48. The number of hydrogen-bond donors (Lipinski definition) is 0. The Morgan fingerprint density at radius 2 is 1.84 bits per heavy atom. The monoisotopic (exact) mass is 443 g/mol. The molecule has 1 fully saturated rings. The third kappa shape index (κ3) is 3.99. The fourth-order valence-corrected chi connectivity index (χ4v) is 3.47. The van der Waals surface area contributed by atoms with Crippen molar-refractivity contribution < 1.29 is 31.2 Å². The van der Waals surface area contributed by atoms with Crippen LogP contribution in [0.4, 0.5) is 22.0 Å². The van der Waals surface area contributed by atoms with Crippen molar-refractivity contribution in [3.63, 3.8) is 0 Å². The maximum Gasteiger partial charge on any atom is 0.459 e. The number of furan rings is 1. The molecule has 4 heterocycles. The normalized spacial score (nSPS) is 16.3. The van der Waals surface area contributed by atoms with E-state index in [0.717, 1.165) is 11.8 Å². The Bertz CT molecular complexity index is 1090. The molecule has 0 atom stereocenters. The number of carbonyl (C=O) groups is 1. The first-order valence-corrected chi connectivity index (χ1v) is 9.43. The van der Waals surface area contributed by atoms with Gasteiger partial charge in [0.15, 0.2) is 11.3 Å². The molecular formula is C19H18F5N5O2. The van der Waals surface area contributed by atoms with Crippen LogP contribution < -0.4 is 0 Å². The first-order valence-electron chi connectivity index (χ1n) is 9.43. The van der Waals surface area contributed by atoms with Gasteiger partial charge >= 0.3 is 12.1 Å². The smallest absolute Gasteiger partial charge is 0.459 e. The highest BCUT2D eigenvalue weighted by Crippen LogP contribution is 2.43. The molecule has 7 nitrogen and oxygen atoms in total. The molecule has 0 bridgehead atoms. The van der Waals surface area contributed by atoms with Crippen LogP contribution in [0.3, 0.4) is 0 Å². The summed E-state index contributed by atoms with van der Waals surface area (Å²) in [5, 5.41) is 3.74. The molecule has 0 N–H and O–H groups in total. The molecule has 0 aromatic carbocycles. The van der Waals surface area contributed by atoms with Gasteiger partial charge in [0, 0.05) is 37.9 Å². The van der Waals surface area contributed by atoms with E-state index in [1.165, 1.54) is 11.8 Å². The Labute approximate surface area is 173 Å². The number of piperazine rings is 1. The van der Waals surface area contributed by atoms with Crippen molar-refractivity contribution in [2.45, 2.75) is 25.6 Å². The van der Waals surface area contributed by atoms with Crippen LogP contribution in [0, 0.1) is 6.92 Å². The number of aryl methyl sites for hydroxylation is 1. The maximum absolute atomic E-state index is 14.0. The number of carbonyl (C=O) groups excluding carboxylic acids is 1. The molecular weight excluding hydrogens is 425 g/mol. The van der Waals surface area contributed by atoms with E-state index in [-0.39, 0.29) is 17.0 Å². The molecule has 0 unspecified atom stereocenters. The van der Waals surface area contributed by atoms with Crippen LogP contribution in [-0.2, 0) is 12.5 Å². The average Bonchev–Trinajstić information content (AvgIpc) is 3.36. The van der Waals surface area contributed by atoms with Crippen LogP contribution >= 0.6 is 0 Å². The summed E-state index contributed by atoms with van der Waals surface area (Å²) in [5.74, 6) is -4.91. The maximum atomic E-state index is 14.0. The van der Waals surface area contributed by atoms with E-state index >= 15 is 0 Å². The van der Waals surface area contributed by atoms with Crippen molar-refractivity contribution in [3.8, 4) is 0 Å². The number of hydrogen-bond acceptors (Lipinski definition) is 5. The van der Waals surface area contributed by atoms with Crippen LogP contribution in [0.1, 0.15) is 27.6 Å². The number of alkyl halides is 5. The van der Waals surface area contributed by atoms with Crippen molar-refractivity contribution in [2.75, 3.05) is 26.2 Å². The van der Waals surface area contributed by atoms with E-state index in [0.29, 0.717) is 43.3 Å².